The Bertz CT molecular complexity index is 823. The standard InChI is InChI=1S/C22H26FNO3/c1-16-7-8-20(11-17(16)2)27-15-22(26)9-4-10-24(14-22)21(25)13-18-5-3-6-19(23)12-18/h3,5-8,11-12,26H,4,9-10,13-15H2,1-2H3. The third kappa shape index (κ3) is 5.07. The molecule has 1 aliphatic heterocycles. The third-order valence-electron chi connectivity index (χ3n) is 5.14. The van der Waals surface area contributed by atoms with E-state index in [9.17, 15) is 14.3 Å². The highest BCUT2D eigenvalue weighted by Gasteiger charge is 2.36. The minimum absolute atomic E-state index is 0.107. The molecule has 3 rings (SSSR count). The first kappa shape index (κ1) is 19.4. The summed E-state index contributed by atoms with van der Waals surface area (Å²) in [5.74, 6) is 0.261. The van der Waals surface area contributed by atoms with Crippen LogP contribution in [0.15, 0.2) is 42.5 Å². The van der Waals surface area contributed by atoms with Gasteiger partial charge in [-0.25, -0.2) is 4.39 Å². The summed E-state index contributed by atoms with van der Waals surface area (Å²) in [7, 11) is 0. The van der Waals surface area contributed by atoms with Crippen LogP contribution in [-0.4, -0.2) is 41.2 Å². The van der Waals surface area contributed by atoms with E-state index in [4.69, 9.17) is 4.74 Å². The van der Waals surface area contributed by atoms with Gasteiger partial charge in [0.15, 0.2) is 0 Å². The van der Waals surface area contributed by atoms with Crippen LogP contribution >= 0.6 is 0 Å². The van der Waals surface area contributed by atoms with Crippen LogP contribution in [0.3, 0.4) is 0 Å². The van der Waals surface area contributed by atoms with E-state index in [1.807, 2.05) is 32.0 Å². The Morgan fingerprint density at radius 3 is 2.78 bits per heavy atom. The van der Waals surface area contributed by atoms with Crippen LogP contribution in [0.5, 0.6) is 5.75 Å². The van der Waals surface area contributed by atoms with E-state index in [-0.39, 0.29) is 31.3 Å². The maximum absolute atomic E-state index is 13.3. The number of carbonyl (C=O) groups excluding carboxylic acids is 1. The number of rotatable bonds is 5. The quantitative estimate of drug-likeness (QED) is 0.876. The molecular formula is C22H26FNO3. The molecule has 1 aliphatic rings. The van der Waals surface area contributed by atoms with Crippen molar-refractivity contribution in [1.82, 2.24) is 4.90 Å². The van der Waals surface area contributed by atoms with Gasteiger partial charge in [0.2, 0.25) is 5.91 Å². The summed E-state index contributed by atoms with van der Waals surface area (Å²) in [6.07, 6.45) is 1.43. The lowest BCUT2D eigenvalue weighted by molar-refractivity contribution is -0.139. The number of likely N-dealkylation sites (tertiary alicyclic amines) is 1. The molecule has 0 aliphatic carbocycles. The molecule has 144 valence electrons. The van der Waals surface area contributed by atoms with E-state index in [1.54, 1.807) is 17.0 Å². The number of halogens is 1. The van der Waals surface area contributed by atoms with Crippen LogP contribution in [0.25, 0.3) is 0 Å². The first-order valence-electron chi connectivity index (χ1n) is 9.29. The van der Waals surface area contributed by atoms with Gasteiger partial charge in [-0.2, -0.15) is 0 Å². The minimum atomic E-state index is -1.07. The molecule has 0 spiro atoms. The van der Waals surface area contributed by atoms with Crippen molar-refractivity contribution in [3.8, 4) is 5.75 Å². The van der Waals surface area contributed by atoms with Crippen LogP contribution < -0.4 is 4.74 Å². The third-order valence-corrected chi connectivity index (χ3v) is 5.14. The highest BCUT2D eigenvalue weighted by molar-refractivity contribution is 5.79. The predicted molar refractivity (Wildman–Crippen MR) is 102 cm³/mol. The minimum Gasteiger partial charge on any atom is -0.491 e. The summed E-state index contributed by atoms with van der Waals surface area (Å²) >= 11 is 0. The van der Waals surface area contributed by atoms with Crippen molar-refractivity contribution in [3.63, 3.8) is 0 Å². The fourth-order valence-electron chi connectivity index (χ4n) is 3.40. The Morgan fingerprint density at radius 1 is 1.22 bits per heavy atom. The molecular weight excluding hydrogens is 345 g/mol. The Kier molecular flexibility index (Phi) is 5.80. The molecule has 5 heteroatoms. The van der Waals surface area contributed by atoms with E-state index in [0.717, 1.165) is 11.3 Å². The lowest BCUT2D eigenvalue weighted by atomic mass is 9.93. The van der Waals surface area contributed by atoms with E-state index < -0.39 is 5.60 Å². The molecule has 1 atom stereocenters. The van der Waals surface area contributed by atoms with Gasteiger partial charge in [0.1, 0.15) is 23.8 Å². The average Bonchev–Trinajstić information content (AvgIpc) is 2.63. The zero-order chi connectivity index (χ0) is 19.4. The normalized spacial score (nSPS) is 19.8. The number of nitrogens with zero attached hydrogens (tertiary/aromatic N) is 1. The first-order chi connectivity index (χ1) is 12.8. The van der Waals surface area contributed by atoms with Gasteiger partial charge < -0.3 is 14.7 Å². The summed E-state index contributed by atoms with van der Waals surface area (Å²) in [4.78, 5) is 14.2. The molecule has 1 N–H and O–H groups in total. The largest absolute Gasteiger partial charge is 0.491 e. The number of piperidine rings is 1. The second-order valence-electron chi connectivity index (χ2n) is 7.48. The number of carbonyl (C=O) groups is 1. The molecule has 4 nitrogen and oxygen atoms in total. The average molecular weight is 371 g/mol. The van der Waals surface area contributed by atoms with E-state index in [2.05, 4.69) is 0 Å². The van der Waals surface area contributed by atoms with Crippen molar-refractivity contribution in [3.05, 3.63) is 65.0 Å². The number of hydrogen-bond acceptors (Lipinski definition) is 3. The SMILES string of the molecule is Cc1ccc(OCC2(O)CCCN(C(=O)Cc3cccc(F)c3)C2)cc1C. The van der Waals surface area contributed by atoms with Gasteiger partial charge in [-0.1, -0.05) is 18.2 Å². The van der Waals surface area contributed by atoms with Crippen molar-refractivity contribution in [2.24, 2.45) is 0 Å². The highest BCUT2D eigenvalue weighted by Crippen LogP contribution is 2.24. The van der Waals surface area contributed by atoms with Crippen LogP contribution in [0.1, 0.15) is 29.5 Å². The van der Waals surface area contributed by atoms with Crippen molar-refractivity contribution in [2.75, 3.05) is 19.7 Å². The van der Waals surface area contributed by atoms with Crippen molar-refractivity contribution >= 4 is 5.91 Å². The molecule has 0 radical (unpaired) electrons. The Morgan fingerprint density at radius 2 is 2.04 bits per heavy atom. The molecule has 1 unspecified atom stereocenters. The summed E-state index contributed by atoms with van der Waals surface area (Å²) in [6, 6.07) is 11.9. The lowest BCUT2D eigenvalue weighted by Gasteiger charge is -2.39. The predicted octanol–water partition coefficient (Wildman–Crippen LogP) is 3.42. The molecule has 0 aromatic heterocycles. The molecule has 1 heterocycles. The molecule has 27 heavy (non-hydrogen) atoms. The summed E-state index contributed by atoms with van der Waals surface area (Å²) in [5, 5.41) is 10.9. The van der Waals surface area contributed by atoms with Gasteiger partial charge in [-0.05, 0) is 67.6 Å². The van der Waals surface area contributed by atoms with Gasteiger partial charge in [-0.3, -0.25) is 4.79 Å². The molecule has 1 fully saturated rings. The monoisotopic (exact) mass is 371 g/mol. The smallest absolute Gasteiger partial charge is 0.227 e. The lowest BCUT2D eigenvalue weighted by Crippen LogP contribution is -2.53. The summed E-state index contributed by atoms with van der Waals surface area (Å²) < 4.78 is 19.1. The molecule has 1 saturated heterocycles. The van der Waals surface area contributed by atoms with Crippen LogP contribution in [-0.2, 0) is 11.2 Å². The number of β-amino-alcohol motifs (C(OH)–C–C–N with tert-alkyl or cyclic N) is 1. The molecule has 2 aromatic carbocycles. The number of ether oxygens (including phenoxy) is 1. The van der Waals surface area contributed by atoms with Crippen LogP contribution in [0.2, 0.25) is 0 Å². The van der Waals surface area contributed by atoms with Crippen molar-refractivity contribution in [2.45, 2.75) is 38.7 Å². The van der Waals surface area contributed by atoms with Gasteiger partial charge in [0.05, 0.1) is 13.0 Å². The molecule has 1 amide bonds. The van der Waals surface area contributed by atoms with Crippen molar-refractivity contribution < 1.29 is 19.0 Å². The topological polar surface area (TPSA) is 49.8 Å². The molecule has 0 bridgehead atoms. The Hall–Kier alpha value is -2.40. The van der Waals surface area contributed by atoms with E-state index in [0.29, 0.717) is 24.9 Å². The maximum atomic E-state index is 13.3. The Balaban J connectivity index is 1.60. The van der Waals surface area contributed by atoms with Gasteiger partial charge in [-0.15, -0.1) is 0 Å². The number of amides is 1. The number of hydrogen-bond donors (Lipinski definition) is 1. The van der Waals surface area contributed by atoms with E-state index >= 15 is 0 Å². The number of benzene rings is 2. The summed E-state index contributed by atoms with van der Waals surface area (Å²) in [5.41, 5.74) is 1.89. The Labute approximate surface area is 159 Å². The molecule has 0 saturated carbocycles. The highest BCUT2D eigenvalue weighted by atomic mass is 19.1. The van der Waals surface area contributed by atoms with Crippen LogP contribution in [0.4, 0.5) is 4.39 Å². The fraction of sp³-hybridized carbons (Fsp3) is 0.409. The van der Waals surface area contributed by atoms with Gasteiger partial charge in [0.25, 0.3) is 0 Å². The van der Waals surface area contributed by atoms with Gasteiger partial charge >= 0.3 is 0 Å². The fourth-order valence-corrected chi connectivity index (χ4v) is 3.40. The number of aryl methyl sites for hydroxylation is 2. The first-order valence-corrected chi connectivity index (χ1v) is 9.29. The number of aliphatic hydroxyl groups is 1. The second kappa shape index (κ2) is 8.09. The second-order valence-corrected chi connectivity index (χ2v) is 7.48. The molecule has 2 aromatic rings. The zero-order valence-corrected chi connectivity index (χ0v) is 15.9. The van der Waals surface area contributed by atoms with Crippen molar-refractivity contribution in [1.29, 1.82) is 0 Å². The van der Waals surface area contributed by atoms with E-state index in [1.165, 1.54) is 17.7 Å². The van der Waals surface area contributed by atoms with Crippen LogP contribution in [0, 0.1) is 19.7 Å². The van der Waals surface area contributed by atoms with Gasteiger partial charge in [0, 0.05) is 6.54 Å². The maximum Gasteiger partial charge on any atom is 0.227 e. The summed E-state index contributed by atoms with van der Waals surface area (Å²) in [6.45, 7) is 5.02. The zero-order valence-electron chi connectivity index (χ0n) is 15.9.